The Bertz CT molecular complexity index is 1080. The summed E-state index contributed by atoms with van der Waals surface area (Å²) in [6.07, 6.45) is 3.73. The van der Waals surface area contributed by atoms with Crippen LogP contribution in [0.1, 0.15) is 11.1 Å². The maximum absolute atomic E-state index is 12.5. The molecule has 0 radical (unpaired) electrons. The van der Waals surface area contributed by atoms with Crippen LogP contribution in [0.5, 0.6) is 0 Å². The molecule has 30 heavy (non-hydrogen) atoms. The van der Waals surface area contributed by atoms with E-state index in [2.05, 4.69) is 15.1 Å². The average Bonchev–Trinajstić information content (AvgIpc) is 3.15. The summed E-state index contributed by atoms with van der Waals surface area (Å²) in [5.41, 5.74) is 2.71. The molecule has 0 spiro atoms. The van der Waals surface area contributed by atoms with Crippen molar-refractivity contribution in [2.75, 3.05) is 32.5 Å². The third-order valence-electron chi connectivity index (χ3n) is 4.47. The smallest absolute Gasteiger partial charge is 0.240 e. The first-order valence-electron chi connectivity index (χ1n) is 9.56. The van der Waals surface area contributed by atoms with Gasteiger partial charge in [0.05, 0.1) is 17.6 Å². The van der Waals surface area contributed by atoms with Gasteiger partial charge >= 0.3 is 0 Å². The highest BCUT2D eigenvalue weighted by molar-refractivity contribution is 7.89. The number of likely N-dealkylation sites (N-methyl/N-ethyl adjacent to an activating group) is 1. The lowest BCUT2D eigenvalue weighted by Gasteiger charge is -2.12. The highest BCUT2D eigenvalue weighted by Gasteiger charge is 2.14. The Labute approximate surface area is 182 Å². The number of anilines is 1. The lowest BCUT2D eigenvalue weighted by molar-refractivity contribution is 0.412. The highest BCUT2D eigenvalue weighted by Crippen LogP contribution is 2.18. The number of benzene rings is 2. The van der Waals surface area contributed by atoms with Gasteiger partial charge in [0.15, 0.2) is 0 Å². The van der Waals surface area contributed by atoms with Crippen molar-refractivity contribution in [1.29, 1.82) is 0 Å². The number of rotatable bonds is 10. The molecule has 3 aromatic rings. The Morgan fingerprint density at radius 3 is 2.70 bits per heavy atom. The fourth-order valence-corrected chi connectivity index (χ4v) is 4.11. The number of nitrogens with zero attached hydrogens (tertiary/aromatic N) is 3. The molecule has 0 aliphatic rings. The monoisotopic (exact) mass is 447 g/mol. The maximum atomic E-state index is 12.5. The Morgan fingerprint density at radius 1 is 1.13 bits per heavy atom. The van der Waals surface area contributed by atoms with Crippen LogP contribution >= 0.6 is 11.6 Å². The molecule has 9 heteroatoms. The van der Waals surface area contributed by atoms with Crippen LogP contribution in [0.4, 0.5) is 5.69 Å². The zero-order valence-corrected chi connectivity index (χ0v) is 18.6. The Balaban J connectivity index is 1.60. The molecule has 0 atom stereocenters. The minimum atomic E-state index is -3.54. The zero-order valence-electron chi connectivity index (χ0n) is 17.0. The van der Waals surface area contributed by atoms with Crippen LogP contribution in [-0.2, 0) is 23.1 Å². The normalized spacial score (nSPS) is 11.7. The third kappa shape index (κ3) is 6.30. The highest BCUT2D eigenvalue weighted by atomic mass is 35.5. The fraction of sp³-hybridized carbons (Fsp3) is 0.286. The van der Waals surface area contributed by atoms with Crippen molar-refractivity contribution in [1.82, 2.24) is 19.4 Å². The number of halogens is 1. The number of hydrogen-bond acceptors (Lipinski definition) is 5. The first-order chi connectivity index (χ1) is 14.3. The molecule has 0 bridgehead atoms. The number of aromatic nitrogens is 2. The van der Waals surface area contributed by atoms with Gasteiger partial charge < -0.3 is 10.2 Å². The predicted octanol–water partition coefficient (Wildman–Crippen LogP) is 3.04. The van der Waals surface area contributed by atoms with E-state index >= 15 is 0 Å². The van der Waals surface area contributed by atoms with E-state index in [1.165, 1.54) is 0 Å². The van der Waals surface area contributed by atoms with E-state index in [1.807, 2.05) is 60.2 Å². The summed E-state index contributed by atoms with van der Waals surface area (Å²) in [6.45, 7) is 2.11. The van der Waals surface area contributed by atoms with Crippen LogP contribution in [-0.4, -0.2) is 50.3 Å². The van der Waals surface area contributed by atoms with Gasteiger partial charge in [0.25, 0.3) is 0 Å². The first-order valence-corrected chi connectivity index (χ1v) is 11.4. The van der Waals surface area contributed by atoms with Gasteiger partial charge in [-0.15, -0.1) is 0 Å². The van der Waals surface area contributed by atoms with Crippen LogP contribution in [0.2, 0.25) is 5.02 Å². The van der Waals surface area contributed by atoms with Gasteiger partial charge in [0.2, 0.25) is 10.0 Å². The van der Waals surface area contributed by atoms with Crippen molar-refractivity contribution in [2.24, 2.45) is 0 Å². The summed E-state index contributed by atoms with van der Waals surface area (Å²) in [7, 11) is 0.255. The summed E-state index contributed by atoms with van der Waals surface area (Å²) in [4.78, 5) is 2.16. The molecule has 7 nitrogen and oxygen atoms in total. The molecule has 0 fully saturated rings. The van der Waals surface area contributed by atoms with E-state index in [-0.39, 0.29) is 4.90 Å². The summed E-state index contributed by atoms with van der Waals surface area (Å²) in [6, 6.07) is 14.5. The van der Waals surface area contributed by atoms with Gasteiger partial charge in [0, 0.05) is 42.1 Å². The van der Waals surface area contributed by atoms with Crippen LogP contribution in [0.3, 0.4) is 0 Å². The molecule has 0 amide bonds. The van der Waals surface area contributed by atoms with Crippen LogP contribution in [0, 0.1) is 0 Å². The van der Waals surface area contributed by atoms with Gasteiger partial charge in [-0.1, -0.05) is 35.9 Å². The van der Waals surface area contributed by atoms with Crippen molar-refractivity contribution < 1.29 is 8.42 Å². The molecule has 0 aliphatic heterocycles. The molecule has 0 saturated heterocycles. The minimum Gasteiger partial charge on any atom is -0.381 e. The molecular formula is C21H26ClN5O2S. The molecule has 0 aliphatic carbocycles. The second-order valence-corrected chi connectivity index (χ2v) is 9.39. The molecule has 2 N–H and O–H groups in total. The largest absolute Gasteiger partial charge is 0.381 e. The predicted molar refractivity (Wildman–Crippen MR) is 120 cm³/mol. The van der Waals surface area contributed by atoms with Gasteiger partial charge in [-0.25, -0.2) is 13.1 Å². The SMILES string of the molecule is CN(C)CCNS(=O)(=O)c1cccc(NCc2cnn(Cc3ccccc3Cl)c2)c1. The Morgan fingerprint density at radius 2 is 1.93 bits per heavy atom. The standard InChI is InChI=1S/C21H26ClN5O2S/c1-26(2)11-10-25-30(28,29)20-8-5-7-19(12-20)23-13-17-14-24-27(15-17)16-18-6-3-4-9-21(18)22/h3-9,12,14-15,23,25H,10-11,13,16H2,1-2H3. The maximum Gasteiger partial charge on any atom is 0.240 e. The molecular weight excluding hydrogens is 422 g/mol. The zero-order chi connectivity index (χ0) is 21.6. The van der Waals surface area contributed by atoms with E-state index in [9.17, 15) is 8.42 Å². The van der Waals surface area contributed by atoms with Crippen molar-refractivity contribution >= 4 is 27.3 Å². The summed E-state index contributed by atoms with van der Waals surface area (Å²) < 4.78 is 29.4. The van der Waals surface area contributed by atoms with Gasteiger partial charge in [-0.2, -0.15) is 5.10 Å². The number of sulfonamides is 1. The molecule has 1 aromatic heterocycles. The summed E-state index contributed by atoms with van der Waals surface area (Å²) >= 11 is 6.21. The molecule has 160 valence electrons. The van der Waals surface area contributed by atoms with E-state index in [0.717, 1.165) is 16.8 Å². The minimum absolute atomic E-state index is 0.237. The molecule has 1 heterocycles. The molecule has 2 aromatic carbocycles. The first kappa shape index (κ1) is 22.3. The molecule has 0 unspecified atom stereocenters. The van der Waals surface area contributed by atoms with Crippen LogP contribution < -0.4 is 10.0 Å². The Kier molecular flexibility index (Phi) is 7.49. The van der Waals surface area contributed by atoms with Crippen molar-refractivity contribution in [3.05, 3.63) is 77.1 Å². The van der Waals surface area contributed by atoms with Gasteiger partial charge in [-0.05, 0) is 43.9 Å². The topological polar surface area (TPSA) is 79.3 Å². The summed E-state index contributed by atoms with van der Waals surface area (Å²) in [5, 5.41) is 8.35. The molecule has 0 saturated carbocycles. The number of hydrogen-bond donors (Lipinski definition) is 2. The van der Waals surface area contributed by atoms with Crippen LogP contribution in [0.15, 0.2) is 65.8 Å². The second-order valence-electron chi connectivity index (χ2n) is 7.22. The fourth-order valence-electron chi connectivity index (χ4n) is 2.85. The third-order valence-corrected chi connectivity index (χ3v) is 6.30. The van der Waals surface area contributed by atoms with E-state index in [0.29, 0.717) is 31.2 Å². The van der Waals surface area contributed by atoms with Crippen molar-refractivity contribution in [2.45, 2.75) is 18.0 Å². The van der Waals surface area contributed by atoms with Gasteiger partial charge in [0.1, 0.15) is 0 Å². The lowest BCUT2D eigenvalue weighted by atomic mass is 10.2. The van der Waals surface area contributed by atoms with E-state index in [1.54, 1.807) is 24.4 Å². The van der Waals surface area contributed by atoms with Gasteiger partial charge in [-0.3, -0.25) is 4.68 Å². The quantitative estimate of drug-likeness (QED) is 0.499. The van der Waals surface area contributed by atoms with Crippen molar-refractivity contribution in [3.63, 3.8) is 0 Å². The van der Waals surface area contributed by atoms with Crippen LogP contribution in [0.25, 0.3) is 0 Å². The summed E-state index contributed by atoms with van der Waals surface area (Å²) in [5.74, 6) is 0. The van der Waals surface area contributed by atoms with Crippen molar-refractivity contribution in [3.8, 4) is 0 Å². The van der Waals surface area contributed by atoms with E-state index in [4.69, 9.17) is 11.6 Å². The molecule has 3 rings (SSSR count). The lowest BCUT2D eigenvalue weighted by Crippen LogP contribution is -2.31. The second kappa shape index (κ2) is 10.1. The van der Waals surface area contributed by atoms with E-state index < -0.39 is 10.0 Å². The average molecular weight is 448 g/mol. The number of nitrogens with one attached hydrogen (secondary N) is 2. The Hall–Kier alpha value is -2.39.